The van der Waals surface area contributed by atoms with Gasteiger partial charge in [-0.2, -0.15) is 0 Å². The van der Waals surface area contributed by atoms with Gasteiger partial charge >= 0.3 is 0 Å². The summed E-state index contributed by atoms with van der Waals surface area (Å²) in [7, 11) is -1.57. The minimum Gasteiger partial charge on any atom is -0.349 e. The van der Waals surface area contributed by atoms with Crippen LogP contribution in [0.15, 0.2) is 76.5 Å². The van der Waals surface area contributed by atoms with Crippen LogP contribution in [0, 0.1) is 11.8 Å². The zero-order valence-electron chi connectivity index (χ0n) is 20.4. The van der Waals surface area contributed by atoms with E-state index in [-0.39, 0.29) is 24.4 Å². The van der Waals surface area contributed by atoms with Gasteiger partial charge in [0.05, 0.1) is 38.4 Å². The van der Waals surface area contributed by atoms with Crippen molar-refractivity contribution >= 4 is 39.9 Å². The average molecular weight is 521 g/mol. The molecule has 7 heteroatoms. The molecule has 0 radical (unpaired) electrons. The number of nitrogens with zero attached hydrogens (tertiary/aromatic N) is 1. The van der Waals surface area contributed by atoms with Gasteiger partial charge in [-0.15, -0.1) is 0 Å². The third kappa shape index (κ3) is 4.72. The largest absolute Gasteiger partial charge is 0.349 e. The fourth-order valence-corrected chi connectivity index (χ4v) is 6.77. The van der Waals surface area contributed by atoms with Crippen molar-refractivity contribution < 1.29 is 13.8 Å². The van der Waals surface area contributed by atoms with Crippen molar-refractivity contribution in [2.45, 2.75) is 55.5 Å². The second-order valence-corrected chi connectivity index (χ2v) is 11.7. The van der Waals surface area contributed by atoms with Crippen LogP contribution in [-0.4, -0.2) is 22.1 Å². The van der Waals surface area contributed by atoms with Crippen LogP contribution >= 0.6 is 11.6 Å². The molecule has 1 N–H and O–H groups in total. The van der Waals surface area contributed by atoms with E-state index in [2.05, 4.69) is 19.2 Å². The maximum absolute atomic E-state index is 13.8. The van der Waals surface area contributed by atoms with Crippen LogP contribution in [0.4, 0.5) is 5.69 Å². The summed E-state index contributed by atoms with van der Waals surface area (Å²) in [5.74, 6) is 0.519. The number of nitrogens with one attached hydrogen (secondary N) is 1. The topological polar surface area (TPSA) is 66.5 Å². The first kappa shape index (κ1) is 24.7. The zero-order valence-corrected chi connectivity index (χ0v) is 21.9. The second kappa shape index (κ2) is 10.2. The Balaban J connectivity index is 1.55. The molecule has 5 rings (SSSR count). The van der Waals surface area contributed by atoms with Crippen LogP contribution in [0.1, 0.15) is 59.4 Å². The predicted molar refractivity (Wildman–Crippen MR) is 143 cm³/mol. The molecule has 1 aliphatic heterocycles. The lowest BCUT2D eigenvalue weighted by atomic mass is 9.78. The minimum atomic E-state index is -1.57. The Hall–Kier alpha value is -2.96. The van der Waals surface area contributed by atoms with Crippen LogP contribution in [0.2, 0.25) is 5.02 Å². The van der Waals surface area contributed by atoms with Gasteiger partial charge in [-0.05, 0) is 66.3 Å². The molecule has 1 saturated carbocycles. The third-order valence-corrected chi connectivity index (χ3v) is 9.26. The number of halogens is 1. The molecule has 186 valence electrons. The molecule has 4 unspecified atom stereocenters. The average Bonchev–Trinajstić information content (AvgIpc) is 2.96. The number of carbonyl (C=O) groups is 2. The molecule has 3 aromatic carbocycles. The number of amides is 2. The van der Waals surface area contributed by atoms with E-state index in [1.807, 2.05) is 18.2 Å². The Morgan fingerprint density at radius 1 is 1.03 bits per heavy atom. The SMILES string of the molecule is CC1CCCC(NC(=O)c2ccc3c(c2)N(Cc2cccc(Cl)c2)C(=O)c2ccccc2S3=O)C1C. The molecule has 2 aliphatic rings. The van der Waals surface area contributed by atoms with Gasteiger partial charge in [0.1, 0.15) is 0 Å². The van der Waals surface area contributed by atoms with Crippen molar-refractivity contribution in [3.63, 3.8) is 0 Å². The van der Waals surface area contributed by atoms with Crippen molar-refractivity contribution in [2.24, 2.45) is 11.8 Å². The Kier molecular flexibility index (Phi) is 7.00. The number of hydrogen-bond donors (Lipinski definition) is 1. The van der Waals surface area contributed by atoms with Crippen molar-refractivity contribution in [3.05, 3.63) is 88.4 Å². The molecule has 1 heterocycles. The van der Waals surface area contributed by atoms with Gasteiger partial charge in [-0.3, -0.25) is 9.59 Å². The summed E-state index contributed by atoms with van der Waals surface area (Å²) in [5, 5.41) is 3.79. The Bertz CT molecular complexity index is 1360. The quantitative estimate of drug-likeness (QED) is 0.444. The highest BCUT2D eigenvalue weighted by molar-refractivity contribution is 7.85. The van der Waals surface area contributed by atoms with E-state index >= 15 is 0 Å². The van der Waals surface area contributed by atoms with Gasteiger partial charge in [0.15, 0.2) is 0 Å². The van der Waals surface area contributed by atoms with Crippen molar-refractivity contribution in [3.8, 4) is 0 Å². The standard InChI is InChI=1S/C29H29ClN2O3S/c1-18-7-5-11-24(19(18)2)31-28(33)21-13-14-27-25(16-21)32(17-20-8-6-9-22(30)15-20)29(34)23-10-3-4-12-26(23)36(27)35/h3-4,6,8-10,12-16,18-19,24H,5,7,11,17H2,1-2H3,(H,31,33). The number of benzene rings is 3. The molecule has 0 aromatic heterocycles. The fraction of sp³-hybridized carbons (Fsp3) is 0.310. The molecular weight excluding hydrogens is 492 g/mol. The monoisotopic (exact) mass is 520 g/mol. The highest BCUT2D eigenvalue weighted by Gasteiger charge is 2.33. The summed E-state index contributed by atoms with van der Waals surface area (Å²) in [6.07, 6.45) is 3.24. The highest BCUT2D eigenvalue weighted by atomic mass is 35.5. The number of anilines is 1. The maximum atomic E-state index is 13.8. The van der Waals surface area contributed by atoms with E-state index < -0.39 is 10.8 Å². The van der Waals surface area contributed by atoms with Crippen LogP contribution in [0.25, 0.3) is 0 Å². The third-order valence-electron chi connectivity index (χ3n) is 7.53. The summed E-state index contributed by atoms with van der Waals surface area (Å²) >= 11 is 6.21. The van der Waals surface area contributed by atoms with Crippen molar-refractivity contribution in [1.82, 2.24) is 5.32 Å². The van der Waals surface area contributed by atoms with Crippen LogP contribution in [-0.2, 0) is 17.3 Å². The summed E-state index contributed by atoms with van der Waals surface area (Å²) in [6, 6.07) is 19.5. The van der Waals surface area contributed by atoms with Crippen molar-refractivity contribution in [2.75, 3.05) is 4.90 Å². The van der Waals surface area contributed by atoms with Gasteiger partial charge in [0.25, 0.3) is 11.8 Å². The Labute approximate surface area is 219 Å². The molecule has 0 spiro atoms. The molecule has 1 fully saturated rings. The molecule has 2 amide bonds. The second-order valence-electron chi connectivity index (χ2n) is 9.82. The molecule has 0 saturated heterocycles. The summed E-state index contributed by atoms with van der Waals surface area (Å²) in [4.78, 5) is 29.7. The van der Waals surface area contributed by atoms with E-state index in [0.29, 0.717) is 43.5 Å². The number of rotatable bonds is 4. The number of carbonyl (C=O) groups excluding carboxylic acids is 2. The van der Waals surface area contributed by atoms with E-state index in [0.717, 1.165) is 18.4 Å². The van der Waals surface area contributed by atoms with Crippen molar-refractivity contribution in [1.29, 1.82) is 0 Å². The normalized spacial score (nSPS) is 23.4. The molecule has 0 bridgehead atoms. The molecule has 5 nitrogen and oxygen atoms in total. The van der Waals surface area contributed by atoms with E-state index in [9.17, 15) is 13.8 Å². The van der Waals surface area contributed by atoms with Gasteiger partial charge < -0.3 is 10.2 Å². The van der Waals surface area contributed by atoms with Gasteiger partial charge in [0.2, 0.25) is 0 Å². The zero-order chi connectivity index (χ0) is 25.4. The highest BCUT2D eigenvalue weighted by Crippen LogP contribution is 2.36. The smallest absolute Gasteiger partial charge is 0.259 e. The van der Waals surface area contributed by atoms with Gasteiger partial charge in [-0.1, -0.05) is 62.6 Å². The molecule has 1 aliphatic carbocycles. The first-order valence-electron chi connectivity index (χ1n) is 12.4. The van der Waals surface area contributed by atoms with E-state index in [1.54, 1.807) is 53.4 Å². The summed E-state index contributed by atoms with van der Waals surface area (Å²) in [6.45, 7) is 4.66. The molecule has 4 atom stereocenters. The van der Waals surface area contributed by atoms with E-state index in [1.165, 1.54) is 6.42 Å². The number of hydrogen-bond acceptors (Lipinski definition) is 3. The minimum absolute atomic E-state index is 0.114. The maximum Gasteiger partial charge on any atom is 0.259 e. The van der Waals surface area contributed by atoms with E-state index in [4.69, 9.17) is 11.6 Å². The lowest BCUT2D eigenvalue weighted by molar-refractivity contribution is 0.0889. The van der Waals surface area contributed by atoms with Crippen LogP contribution in [0.3, 0.4) is 0 Å². The fourth-order valence-electron chi connectivity index (χ4n) is 5.22. The molecule has 36 heavy (non-hydrogen) atoms. The Morgan fingerprint density at radius 3 is 2.64 bits per heavy atom. The summed E-state index contributed by atoms with van der Waals surface area (Å²) < 4.78 is 13.6. The van der Waals surface area contributed by atoms with Crippen LogP contribution < -0.4 is 10.2 Å². The number of fused-ring (bicyclic) bond motifs is 2. The first-order chi connectivity index (χ1) is 17.3. The first-order valence-corrected chi connectivity index (χ1v) is 13.9. The van der Waals surface area contributed by atoms with Gasteiger partial charge in [0, 0.05) is 16.6 Å². The lowest BCUT2D eigenvalue weighted by Gasteiger charge is -2.34. The lowest BCUT2D eigenvalue weighted by Crippen LogP contribution is -2.43. The molecular formula is C29H29ClN2O3S. The Morgan fingerprint density at radius 2 is 1.83 bits per heavy atom. The van der Waals surface area contributed by atoms with Gasteiger partial charge in [-0.25, -0.2) is 4.21 Å². The molecule has 3 aromatic rings. The predicted octanol–water partition coefficient (Wildman–Crippen LogP) is 6.22. The van der Waals surface area contributed by atoms with Crippen LogP contribution in [0.5, 0.6) is 0 Å². The summed E-state index contributed by atoms with van der Waals surface area (Å²) in [5.41, 5.74) is 2.16.